The highest BCUT2D eigenvalue weighted by Gasteiger charge is 2.22. The summed E-state index contributed by atoms with van der Waals surface area (Å²) in [5.74, 6) is 0.735. The third-order valence-electron chi connectivity index (χ3n) is 3.06. The van der Waals surface area contributed by atoms with Crippen molar-refractivity contribution in [1.29, 1.82) is 0 Å². The van der Waals surface area contributed by atoms with Gasteiger partial charge < -0.3 is 5.73 Å². The fourth-order valence-corrected chi connectivity index (χ4v) is 2.25. The molecule has 0 bridgehead atoms. The average molecular weight is 218 g/mol. The summed E-state index contributed by atoms with van der Waals surface area (Å²) in [7, 11) is 0. The lowest BCUT2D eigenvalue weighted by atomic mass is 10.0. The van der Waals surface area contributed by atoms with Crippen molar-refractivity contribution in [2.75, 3.05) is 13.1 Å². The number of hydrogen-bond acceptors (Lipinski definition) is 2. The van der Waals surface area contributed by atoms with Crippen molar-refractivity contribution >= 4 is 0 Å². The Bertz CT molecular complexity index is 323. The quantitative estimate of drug-likeness (QED) is 0.838. The number of benzene rings is 1. The molecule has 16 heavy (non-hydrogen) atoms. The van der Waals surface area contributed by atoms with E-state index in [0.29, 0.717) is 6.04 Å². The van der Waals surface area contributed by atoms with Gasteiger partial charge in [-0.3, -0.25) is 4.90 Å². The number of nitrogens with two attached hydrogens (primary N) is 1. The standard InChI is InChI=1S/C14H22N2/c1-11(2)7-12-3-5-13(6-4-12)8-16-9-14(15)10-16/h3-6,11,14H,7-10,15H2,1-2H3. The van der Waals surface area contributed by atoms with Crippen molar-refractivity contribution in [1.82, 2.24) is 4.90 Å². The fourth-order valence-electron chi connectivity index (χ4n) is 2.25. The number of rotatable bonds is 4. The summed E-state index contributed by atoms with van der Waals surface area (Å²) < 4.78 is 0. The van der Waals surface area contributed by atoms with Crippen LogP contribution >= 0.6 is 0 Å². The Morgan fingerprint density at radius 3 is 2.25 bits per heavy atom. The third-order valence-corrected chi connectivity index (χ3v) is 3.06. The smallest absolute Gasteiger partial charge is 0.0297 e. The summed E-state index contributed by atoms with van der Waals surface area (Å²) in [5, 5.41) is 0. The Hall–Kier alpha value is -0.860. The van der Waals surface area contributed by atoms with Gasteiger partial charge in [0.1, 0.15) is 0 Å². The van der Waals surface area contributed by atoms with E-state index in [1.54, 1.807) is 0 Å². The van der Waals surface area contributed by atoms with Crippen molar-refractivity contribution in [2.45, 2.75) is 32.9 Å². The normalized spacial score (nSPS) is 17.8. The van der Waals surface area contributed by atoms with Gasteiger partial charge in [0.25, 0.3) is 0 Å². The summed E-state index contributed by atoms with van der Waals surface area (Å²) in [6.07, 6.45) is 1.18. The predicted molar refractivity (Wildman–Crippen MR) is 68.2 cm³/mol. The molecule has 0 atom stereocenters. The molecule has 0 spiro atoms. The first-order valence-electron chi connectivity index (χ1n) is 6.19. The van der Waals surface area contributed by atoms with Crippen LogP contribution in [0.3, 0.4) is 0 Å². The summed E-state index contributed by atoms with van der Waals surface area (Å²) >= 11 is 0. The van der Waals surface area contributed by atoms with E-state index in [0.717, 1.165) is 25.6 Å². The minimum atomic E-state index is 0.403. The minimum absolute atomic E-state index is 0.403. The van der Waals surface area contributed by atoms with Crippen molar-refractivity contribution in [2.24, 2.45) is 11.7 Å². The second kappa shape index (κ2) is 4.98. The zero-order chi connectivity index (χ0) is 11.5. The van der Waals surface area contributed by atoms with Crippen LogP contribution in [0, 0.1) is 5.92 Å². The first kappa shape index (κ1) is 11.6. The highest BCUT2D eigenvalue weighted by atomic mass is 15.2. The molecule has 0 saturated carbocycles. The maximum atomic E-state index is 5.76. The van der Waals surface area contributed by atoms with Crippen molar-refractivity contribution in [3.8, 4) is 0 Å². The lowest BCUT2D eigenvalue weighted by molar-refractivity contribution is 0.142. The second-order valence-corrected chi connectivity index (χ2v) is 5.37. The van der Waals surface area contributed by atoms with Crippen LogP contribution in [-0.2, 0) is 13.0 Å². The predicted octanol–water partition coefficient (Wildman–Crippen LogP) is 2.03. The van der Waals surface area contributed by atoms with E-state index in [-0.39, 0.29) is 0 Å². The van der Waals surface area contributed by atoms with Gasteiger partial charge in [-0.15, -0.1) is 0 Å². The average Bonchev–Trinajstić information content (AvgIpc) is 2.18. The zero-order valence-corrected chi connectivity index (χ0v) is 10.3. The molecule has 0 unspecified atom stereocenters. The molecule has 0 amide bonds. The Balaban J connectivity index is 1.87. The van der Waals surface area contributed by atoms with E-state index in [9.17, 15) is 0 Å². The van der Waals surface area contributed by atoms with Gasteiger partial charge in [0.05, 0.1) is 0 Å². The molecule has 1 heterocycles. The van der Waals surface area contributed by atoms with Crippen LogP contribution < -0.4 is 5.73 Å². The molecule has 1 aliphatic heterocycles. The number of nitrogens with zero attached hydrogens (tertiary/aromatic N) is 1. The molecule has 0 aromatic heterocycles. The molecular formula is C14H22N2. The van der Waals surface area contributed by atoms with E-state index in [4.69, 9.17) is 5.73 Å². The SMILES string of the molecule is CC(C)Cc1ccc(CN2CC(N)C2)cc1. The molecule has 1 aromatic rings. The van der Waals surface area contributed by atoms with E-state index < -0.39 is 0 Å². The van der Waals surface area contributed by atoms with Gasteiger partial charge in [0.15, 0.2) is 0 Å². The Labute approximate surface area is 98.4 Å². The molecule has 1 fully saturated rings. The minimum Gasteiger partial charge on any atom is -0.325 e. The second-order valence-electron chi connectivity index (χ2n) is 5.37. The largest absolute Gasteiger partial charge is 0.325 e. The van der Waals surface area contributed by atoms with E-state index in [1.807, 2.05) is 0 Å². The molecule has 1 saturated heterocycles. The Morgan fingerprint density at radius 2 is 1.75 bits per heavy atom. The summed E-state index contributed by atoms with van der Waals surface area (Å²) in [5.41, 5.74) is 8.61. The lowest BCUT2D eigenvalue weighted by Gasteiger charge is -2.36. The number of hydrogen-bond donors (Lipinski definition) is 1. The van der Waals surface area contributed by atoms with Gasteiger partial charge in [-0.1, -0.05) is 38.1 Å². The van der Waals surface area contributed by atoms with Gasteiger partial charge in [-0.2, -0.15) is 0 Å². The molecule has 2 N–H and O–H groups in total. The first-order chi connectivity index (χ1) is 7.63. The van der Waals surface area contributed by atoms with Crippen LogP contribution in [0.15, 0.2) is 24.3 Å². The molecule has 2 nitrogen and oxygen atoms in total. The van der Waals surface area contributed by atoms with Crippen molar-refractivity contribution in [3.05, 3.63) is 35.4 Å². The van der Waals surface area contributed by atoms with Gasteiger partial charge in [-0.25, -0.2) is 0 Å². The first-order valence-corrected chi connectivity index (χ1v) is 6.19. The lowest BCUT2D eigenvalue weighted by Crippen LogP contribution is -2.54. The summed E-state index contributed by atoms with van der Waals surface area (Å²) in [6, 6.07) is 9.42. The molecule has 2 rings (SSSR count). The molecular weight excluding hydrogens is 196 g/mol. The van der Waals surface area contributed by atoms with Crippen molar-refractivity contribution < 1.29 is 0 Å². The van der Waals surface area contributed by atoms with Crippen LogP contribution in [-0.4, -0.2) is 24.0 Å². The Kier molecular flexibility index (Phi) is 3.62. The zero-order valence-electron chi connectivity index (χ0n) is 10.3. The fraction of sp³-hybridized carbons (Fsp3) is 0.571. The monoisotopic (exact) mass is 218 g/mol. The highest BCUT2D eigenvalue weighted by Crippen LogP contribution is 2.14. The molecule has 0 radical (unpaired) electrons. The molecule has 88 valence electrons. The maximum Gasteiger partial charge on any atom is 0.0297 e. The Morgan fingerprint density at radius 1 is 1.19 bits per heavy atom. The van der Waals surface area contributed by atoms with Gasteiger partial charge in [0.2, 0.25) is 0 Å². The molecule has 1 aliphatic rings. The van der Waals surface area contributed by atoms with Gasteiger partial charge in [-0.05, 0) is 23.5 Å². The highest BCUT2D eigenvalue weighted by molar-refractivity contribution is 5.23. The molecule has 1 aromatic carbocycles. The van der Waals surface area contributed by atoms with E-state index in [2.05, 4.69) is 43.0 Å². The van der Waals surface area contributed by atoms with Gasteiger partial charge in [0, 0.05) is 25.7 Å². The summed E-state index contributed by atoms with van der Waals surface area (Å²) in [6.45, 7) is 7.67. The van der Waals surface area contributed by atoms with E-state index >= 15 is 0 Å². The van der Waals surface area contributed by atoms with Gasteiger partial charge >= 0.3 is 0 Å². The van der Waals surface area contributed by atoms with Crippen LogP contribution in [0.1, 0.15) is 25.0 Å². The third kappa shape index (κ3) is 3.06. The molecule has 0 aliphatic carbocycles. The van der Waals surface area contributed by atoms with Crippen LogP contribution in [0.2, 0.25) is 0 Å². The topological polar surface area (TPSA) is 29.3 Å². The number of likely N-dealkylation sites (tertiary alicyclic amines) is 1. The molecule has 2 heteroatoms. The van der Waals surface area contributed by atoms with Crippen molar-refractivity contribution in [3.63, 3.8) is 0 Å². The summed E-state index contributed by atoms with van der Waals surface area (Å²) in [4.78, 5) is 2.39. The maximum absolute atomic E-state index is 5.76. The van der Waals surface area contributed by atoms with Crippen LogP contribution in [0.4, 0.5) is 0 Å². The van der Waals surface area contributed by atoms with Crippen LogP contribution in [0.25, 0.3) is 0 Å². The van der Waals surface area contributed by atoms with Crippen LogP contribution in [0.5, 0.6) is 0 Å². The van der Waals surface area contributed by atoms with E-state index in [1.165, 1.54) is 17.5 Å².